The average Bonchev–Trinajstić information content (AvgIpc) is 2.74. The molecule has 1 atom stereocenters. The minimum absolute atomic E-state index is 0.0830. The number of carbonyl (C=O) groups excluding carboxylic acids is 1. The van der Waals surface area contributed by atoms with Crippen LogP contribution in [0.25, 0.3) is 0 Å². The third-order valence-electron chi connectivity index (χ3n) is 3.89. The standard InChI is InChI=1S/C16H23ClN2O/c1-13(14-8-4-5-9-15(14)17)18-12-16(20)19-10-6-2-3-7-11-19/h4-5,8-9,13,18H,2-3,6-7,10-12H2,1H3/t13-/m0/s1. The molecule has 0 saturated carbocycles. The quantitative estimate of drug-likeness (QED) is 0.923. The third-order valence-corrected chi connectivity index (χ3v) is 4.23. The maximum absolute atomic E-state index is 12.2. The van der Waals surface area contributed by atoms with Crippen LogP contribution in [-0.2, 0) is 4.79 Å². The fourth-order valence-electron chi connectivity index (χ4n) is 2.61. The number of nitrogens with one attached hydrogen (secondary N) is 1. The second-order valence-corrected chi connectivity index (χ2v) is 5.83. The zero-order valence-corrected chi connectivity index (χ0v) is 12.8. The van der Waals surface area contributed by atoms with Crippen molar-refractivity contribution in [1.29, 1.82) is 0 Å². The first-order valence-electron chi connectivity index (χ1n) is 7.44. The summed E-state index contributed by atoms with van der Waals surface area (Å²) in [6.07, 6.45) is 4.75. The highest BCUT2D eigenvalue weighted by molar-refractivity contribution is 6.31. The molecule has 0 unspecified atom stereocenters. The molecule has 1 amide bonds. The molecular formula is C16H23ClN2O. The normalized spacial score (nSPS) is 17.6. The van der Waals surface area contributed by atoms with Gasteiger partial charge in [-0.05, 0) is 31.4 Å². The number of halogens is 1. The van der Waals surface area contributed by atoms with Crippen LogP contribution in [-0.4, -0.2) is 30.4 Å². The number of amides is 1. The van der Waals surface area contributed by atoms with Gasteiger partial charge in [-0.3, -0.25) is 4.79 Å². The van der Waals surface area contributed by atoms with E-state index in [2.05, 4.69) is 5.32 Å². The minimum atomic E-state index is 0.0830. The number of hydrogen-bond acceptors (Lipinski definition) is 2. The molecule has 1 heterocycles. The van der Waals surface area contributed by atoms with Crippen LogP contribution >= 0.6 is 11.6 Å². The predicted molar refractivity (Wildman–Crippen MR) is 82.9 cm³/mol. The van der Waals surface area contributed by atoms with Gasteiger partial charge in [0.1, 0.15) is 0 Å². The van der Waals surface area contributed by atoms with E-state index in [0.29, 0.717) is 6.54 Å². The van der Waals surface area contributed by atoms with Crippen molar-refractivity contribution in [2.24, 2.45) is 0 Å². The van der Waals surface area contributed by atoms with E-state index in [1.807, 2.05) is 36.1 Å². The van der Waals surface area contributed by atoms with Gasteiger partial charge in [0.15, 0.2) is 0 Å². The number of rotatable bonds is 4. The summed E-state index contributed by atoms with van der Waals surface area (Å²) in [4.78, 5) is 14.2. The van der Waals surface area contributed by atoms with Gasteiger partial charge in [-0.15, -0.1) is 0 Å². The lowest BCUT2D eigenvalue weighted by atomic mass is 10.1. The lowest BCUT2D eigenvalue weighted by Gasteiger charge is -2.22. The van der Waals surface area contributed by atoms with E-state index < -0.39 is 0 Å². The van der Waals surface area contributed by atoms with Crippen LogP contribution < -0.4 is 5.32 Å². The van der Waals surface area contributed by atoms with Crippen LogP contribution in [0, 0.1) is 0 Å². The number of benzene rings is 1. The van der Waals surface area contributed by atoms with E-state index in [1.54, 1.807) is 0 Å². The Kier molecular flexibility index (Phi) is 5.86. The summed E-state index contributed by atoms with van der Waals surface area (Å²) in [6.45, 7) is 4.23. The molecule has 1 saturated heterocycles. The molecule has 1 aromatic rings. The fraction of sp³-hybridized carbons (Fsp3) is 0.562. The van der Waals surface area contributed by atoms with E-state index >= 15 is 0 Å². The summed E-state index contributed by atoms with van der Waals surface area (Å²) < 4.78 is 0. The molecule has 0 bridgehead atoms. The Balaban J connectivity index is 1.85. The van der Waals surface area contributed by atoms with Gasteiger partial charge in [-0.2, -0.15) is 0 Å². The van der Waals surface area contributed by atoms with E-state index in [9.17, 15) is 4.79 Å². The average molecular weight is 295 g/mol. The maximum Gasteiger partial charge on any atom is 0.236 e. The van der Waals surface area contributed by atoms with E-state index in [4.69, 9.17) is 11.6 Å². The molecule has 0 aromatic heterocycles. The van der Waals surface area contributed by atoms with Gasteiger partial charge < -0.3 is 10.2 Å². The van der Waals surface area contributed by atoms with Crippen LogP contribution in [0.5, 0.6) is 0 Å². The zero-order chi connectivity index (χ0) is 14.4. The first-order chi connectivity index (χ1) is 9.68. The van der Waals surface area contributed by atoms with E-state index in [1.165, 1.54) is 12.8 Å². The Bertz CT molecular complexity index is 442. The van der Waals surface area contributed by atoms with E-state index in [-0.39, 0.29) is 11.9 Å². The number of hydrogen-bond donors (Lipinski definition) is 1. The Hall–Kier alpha value is -1.06. The van der Waals surface area contributed by atoms with Gasteiger partial charge in [0.05, 0.1) is 6.54 Å². The van der Waals surface area contributed by atoms with Gasteiger partial charge in [-0.25, -0.2) is 0 Å². The second kappa shape index (κ2) is 7.65. The minimum Gasteiger partial charge on any atom is -0.342 e. The molecule has 20 heavy (non-hydrogen) atoms. The molecule has 1 N–H and O–H groups in total. The van der Waals surface area contributed by atoms with Crippen molar-refractivity contribution in [2.75, 3.05) is 19.6 Å². The maximum atomic E-state index is 12.2. The van der Waals surface area contributed by atoms with Gasteiger partial charge in [0, 0.05) is 24.2 Å². The van der Waals surface area contributed by atoms with Crippen molar-refractivity contribution in [3.05, 3.63) is 34.9 Å². The molecular weight excluding hydrogens is 272 g/mol. The zero-order valence-electron chi connectivity index (χ0n) is 12.1. The van der Waals surface area contributed by atoms with Gasteiger partial charge in [-0.1, -0.05) is 42.6 Å². The molecule has 0 spiro atoms. The number of nitrogens with zero attached hydrogens (tertiary/aromatic N) is 1. The first kappa shape index (κ1) is 15.3. The second-order valence-electron chi connectivity index (χ2n) is 5.42. The molecule has 0 radical (unpaired) electrons. The van der Waals surface area contributed by atoms with Crippen LogP contribution in [0.4, 0.5) is 0 Å². The van der Waals surface area contributed by atoms with Crippen molar-refractivity contribution in [3.8, 4) is 0 Å². The summed E-state index contributed by atoms with van der Waals surface area (Å²) in [5.74, 6) is 0.200. The molecule has 4 heteroatoms. The molecule has 1 aromatic carbocycles. The van der Waals surface area contributed by atoms with Gasteiger partial charge in [0.2, 0.25) is 5.91 Å². The van der Waals surface area contributed by atoms with Crippen molar-refractivity contribution < 1.29 is 4.79 Å². The van der Waals surface area contributed by atoms with Crippen LogP contribution in [0.15, 0.2) is 24.3 Å². The molecule has 0 aliphatic carbocycles. The molecule has 1 aliphatic heterocycles. The molecule has 110 valence electrons. The van der Waals surface area contributed by atoms with E-state index in [0.717, 1.165) is 36.5 Å². The predicted octanol–water partition coefficient (Wildman–Crippen LogP) is 3.39. The Morgan fingerprint density at radius 2 is 1.90 bits per heavy atom. The first-order valence-corrected chi connectivity index (χ1v) is 7.82. The summed E-state index contributed by atoms with van der Waals surface area (Å²) in [5, 5.41) is 4.03. The lowest BCUT2D eigenvalue weighted by Crippen LogP contribution is -2.39. The smallest absolute Gasteiger partial charge is 0.236 e. The van der Waals surface area contributed by atoms with Crippen molar-refractivity contribution >= 4 is 17.5 Å². The topological polar surface area (TPSA) is 32.3 Å². The Morgan fingerprint density at radius 3 is 2.55 bits per heavy atom. The third kappa shape index (κ3) is 4.22. The largest absolute Gasteiger partial charge is 0.342 e. The summed E-state index contributed by atoms with van der Waals surface area (Å²) in [6, 6.07) is 7.85. The highest BCUT2D eigenvalue weighted by Gasteiger charge is 2.16. The fourth-order valence-corrected chi connectivity index (χ4v) is 2.91. The molecule has 1 aliphatic rings. The summed E-state index contributed by atoms with van der Waals surface area (Å²) >= 11 is 6.17. The van der Waals surface area contributed by atoms with Crippen molar-refractivity contribution in [1.82, 2.24) is 10.2 Å². The summed E-state index contributed by atoms with van der Waals surface area (Å²) in [7, 11) is 0. The highest BCUT2D eigenvalue weighted by Crippen LogP contribution is 2.21. The highest BCUT2D eigenvalue weighted by atomic mass is 35.5. The Morgan fingerprint density at radius 1 is 1.25 bits per heavy atom. The van der Waals surface area contributed by atoms with Gasteiger partial charge in [0.25, 0.3) is 0 Å². The Labute approximate surface area is 126 Å². The molecule has 1 fully saturated rings. The summed E-state index contributed by atoms with van der Waals surface area (Å²) in [5.41, 5.74) is 1.04. The molecule has 3 nitrogen and oxygen atoms in total. The van der Waals surface area contributed by atoms with Crippen LogP contribution in [0.1, 0.15) is 44.2 Å². The van der Waals surface area contributed by atoms with Gasteiger partial charge >= 0.3 is 0 Å². The molecule has 2 rings (SSSR count). The number of carbonyl (C=O) groups is 1. The SMILES string of the molecule is C[C@H](NCC(=O)N1CCCCCC1)c1ccccc1Cl. The van der Waals surface area contributed by atoms with Crippen molar-refractivity contribution in [2.45, 2.75) is 38.6 Å². The van der Waals surface area contributed by atoms with Crippen LogP contribution in [0.3, 0.4) is 0 Å². The van der Waals surface area contributed by atoms with Crippen LogP contribution in [0.2, 0.25) is 5.02 Å². The van der Waals surface area contributed by atoms with Crippen molar-refractivity contribution in [3.63, 3.8) is 0 Å². The number of likely N-dealkylation sites (tertiary alicyclic amines) is 1. The lowest BCUT2D eigenvalue weighted by molar-refractivity contribution is -0.130. The monoisotopic (exact) mass is 294 g/mol.